The topological polar surface area (TPSA) is 63.3 Å². The monoisotopic (exact) mass is 552 g/mol. The van der Waals surface area contributed by atoms with E-state index in [1.807, 2.05) is 45.2 Å². The van der Waals surface area contributed by atoms with Gasteiger partial charge in [0.05, 0.1) is 17.2 Å². The van der Waals surface area contributed by atoms with Gasteiger partial charge in [-0.15, -0.1) is 0 Å². The van der Waals surface area contributed by atoms with Crippen LogP contribution in [-0.4, -0.2) is 18.7 Å². The normalized spacial score (nSPS) is 15.5. The molecule has 0 radical (unpaired) electrons. The molecule has 1 aliphatic rings. The molecule has 1 aliphatic carbocycles. The van der Waals surface area contributed by atoms with E-state index >= 15 is 0 Å². The first-order valence-electron chi connectivity index (χ1n) is 12.8. The van der Waals surface area contributed by atoms with Gasteiger partial charge in [-0.05, 0) is 98.3 Å². The molecule has 3 aromatic rings. The Morgan fingerprint density at radius 3 is 2.38 bits per heavy atom. The number of nitrogens with zero attached hydrogens (tertiary/aromatic N) is 2. The average molecular weight is 553 g/mol. The van der Waals surface area contributed by atoms with E-state index < -0.39 is 11.7 Å². The summed E-state index contributed by atoms with van der Waals surface area (Å²) in [5.41, 5.74) is 13.1. The summed E-state index contributed by atoms with van der Waals surface area (Å²) in [5, 5.41) is 3.77. The molecule has 39 heavy (non-hydrogen) atoms. The quantitative estimate of drug-likeness (QED) is 0.266. The number of alkyl halides is 3. The average Bonchev–Trinajstić information content (AvgIpc) is 3.75. The Bertz CT molecular complexity index is 1420. The summed E-state index contributed by atoms with van der Waals surface area (Å²) in [5.74, 6) is 0.0479. The molecule has 0 amide bonds. The lowest BCUT2D eigenvalue weighted by molar-refractivity contribution is -0.137. The van der Waals surface area contributed by atoms with Crippen molar-refractivity contribution in [1.29, 1.82) is 0 Å². The largest absolute Gasteiger partial charge is 0.416 e. The van der Waals surface area contributed by atoms with Crippen LogP contribution in [0.1, 0.15) is 58.0 Å². The van der Waals surface area contributed by atoms with Crippen molar-refractivity contribution in [2.24, 2.45) is 16.6 Å². The van der Waals surface area contributed by atoms with E-state index in [-0.39, 0.29) is 11.8 Å². The van der Waals surface area contributed by atoms with Crippen LogP contribution in [0.15, 0.2) is 77.1 Å². The number of hydrogen-bond acceptors (Lipinski definition) is 4. The number of nitrogens with one attached hydrogen (secondary N) is 1. The van der Waals surface area contributed by atoms with Crippen LogP contribution in [0.2, 0.25) is 0 Å². The zero-order valence-electron chi connectivity index (χ0n) is 22.2. The van der Waals surface area contributed by atoms with E-state index in [2.05, 4.69) is 28.1 Å². The van der Waals surface area contributed by atoms with Crippen LogP contribution < -0.4 is 11.1 Å². The minimum atomic E-state index is -4.37. The number of aliphatic imine (C=N–C) groups is 1. The van der Waals surface area contributed by atoms with Crippen molar-refractivity contribution in [1.82, 2.24) is 10.3 Å². The number of hydrogen-bond donors (Lipinski definition) is 2. The molecule has 4 nitrogen and oxygen atoms in total. The highest BCUT2D eigenvalue weighted by Gasteiger charge is 2.32. The third kappa shape index (κ3) is 6.36. The number of allylic oxidation sites excluding steroid dienone is 2. The molecule has 1 unspecified atom stereocenters. The molecule has 4 rings (SSSR count). The Morgan fingerprint density at radius 2 is 1.85 bits per heavy atom. The molecule has 1 atom stereocenters. The lowest BCUT2D eigenvalue weighted by Gasteiger charge is -2.24. The van der Waals surface area contributed by atoms with E-state index in [4.69, 9.17) is 17.3 Å². The second-order valence-electron chi connectivity index (χ2n) is 9.85. The Balaban J connectivity index is 1.81. The van der Waals surface area contributed by atoms with Crippen molar-refractivity contribution in [3.05, 3.63) is 111 Å². The van der Waals surface area contributed by atoms with Gasteiger partial charge in [-0.25, -0.2) is 0 Å². The summed E-state index contributed by atoms with van der Waals surface area (Å²) in [6.45, 7) is 7.67. The molecule has 1 aromatic heterocycles. The molecule has 0 saturated heterocycles. The third-order valence-corrected chi connectivity index (χ3v) is 7.59. The van der Waals surface area contributed by atoms with E-state index in [0.717, 1.165) is 69.9 Å². The van der Waals surface area contributed by atoms with Crippen LogP contribution in [0, 0.1) is 19.8 Å². The van der Waals surface area contributed by atoms with Crippen LogP contribution in [-0.2, 0) is 12.6 Å². The Hall–Kier alpha value is -3.58. The second-order valence-corrected chi connectivity index (χ2v) is 10.2. The zero-order chi connectivity index (χ0) is 28.3. The molecule has 8 heteroatoms. The first kappa shape index (κ1) is 28.4. The van der Waals surface area contributed by atoms with Gasteiger partial charge in [-0.3, -0.25) is 9.98 Å². The van der Waals surface area contributed by atoms with Gasteiger partial charge in [-0.2, -0.15) is 13.2 Å². The van der Waals surface area contributed by atoms with Crippen LogP contribution in [0.4, 0.5) is 18.9 Å². The number of aryl methyl sites for hydroxylation is 2. The van der Waals surface area contributed by atoms with Crippen molar-refractivity contribution in [3.8, 4) is 0 Å². The van der Waals surface area contributed by atoms with Crippen molar-refractivity contribution >= 4 is 29.0 Å². The number of nitrogens with two attached hydrogens (primary N) is 1. The molecule has 0 bridgehead atoms. The van der Waals surface area contributed by atoms with E-state index in [1.165, 1.54) is 12.1 Å². The summed E-state index contributed by atoms with van der Waals surface area (Å²) in [7, 11) is 1.82. The molecule has 1 saturated carbocycles. The smallest absolute Gasteiger partial charge is 0.403 e. The third-order valence-electron chi connectivity index (χ3n) is 7.14. The van der Waals surface area contributed by atoms with Gasteiger partial charge in [0.15, 0.2) is 0 Å². The molecule has 204 valence electrons. The number of halogens is 4. The maximum atomic E-state index is 13.1. The molecule has 2 aromatic carbocycles. The summed E-state index contributed by atoms with van der Waals surface area (Å²) in [4.78, 5) is 8.89. The fourth-order valence-electron chi connectivity index (χ4n) is 4.94. The fourth-order valence-corrected chi connectivity index (χ4v) is 5.31. The number of benzene rings is 2. The molecule has 0 spiro atoms. The Kier molecular flexibility index (Phi) is 8.50. The van der Waals surface area contributed by atoms with Crippen LogP contribution in [0.5, 0.6) is 0 Å². The van der Waals surface area contributed by atoms with Crippen molar-refractivity contribution in [3.63, 3.8) is 0 Å². The fraction of sp³-hybridized carbons (Fsp3) is 0.290. The van der Waals surface area contributed by atoms with Gasteiger partial charge in [0, 0.05) is 40.9 Å². The first-order valence-corrected chi connectivity index (χ1v) is 13.1. The predicted molar refractivity (Wildman–Crippen MR) is 153 cm³/mol. The van der Waals surface area contributed by atoms with Crippen LogP contribution in [0.3, 0.4) is 0 Å². The number of aromatic nitrogens is 1. The Morgan fingerprint density at radius 1 is 1.15 bits per heavy atom. The summed E-state index contributed by atoms with van der Waals surface area (Å²) >= 11 is 7.11. The van der Waals surface area contributed by atoms with Gasteiger partial charge in [-0.1, -0.05) is 35.9 Å². The van der Waals surface area contributed by atoms with E-state index in [1.54, 1.807) is 6.20 Å². The lowest BCUT2D eigenvalue weighted by Crippen LogP contribution is -2.19. The van der Waals surface area contributed by atoms with Crippen LogP contribution >= 0.6 is 11.6 Å². The summed E-state index contributed by atoms with van der Waals surface area (Å²) < 4.78 is 39.2. The van der Waals surface area contributed by atoms with Gasteiger partial charge in [0.2, 0.25) is 0 Å². The van der Waals surface area contributed by atoms with Crippen molar-refractivity contribution in [2.45, 2.75) is 45.2 Å². The highest BCUT2D eigenvalue weighted by Crippen LogP contribution is 2.46. The maximum Gasteiger partial charge on any atom is 0.416 e. The van der Waals surface area contributed by atoms with Crippen molar-refractivity contribution < 1.29 is 13.2 Å². The van der Waals surface area contributed by atoms with Gasteiger partial charge in [0.1, 0.15) is 0 Å². The molecular weight excluding hydrogens is 521 g/mol. The highest BCUT2D eigenvalue weighted by molar-refractivity contribution is 6.49. The minimum absolute atomic E-state index is 0.227. The zero-order valence-corrected chi connectivity index (χ0v) is 23.0. The SMILES string of the molecule is C=Nc1ccc(C(/C(=C/N)NC)c2ccc(C)nc2C)cc1/C(Cl)=C(/Cc1ccc(C(F)(F)F)cc1)C1CC1. The lowest BCUT2D eigenvalue weighted by atomic mass is 9.86. The Labute approximate surface area is 232 Å². The maximum absolute atomic E-state index is 13.1. The van der Waals surface area contributed by atoms with E-state index in [0.29, 0.717) is 17.1 Å². The first-order chi connectivity index (χ1) is 18.6. The van der Waals surface area contributed by atoms with Gasteiger partial charge in [0.25, 0.3) is 0 Å². The molecule has 0 aliphatic heterocycles. The van der Waals surface area contributed by atoms with Gasteiger partial charge >= 0.3 is 6.18 Å². The summed E-state index contributed by atoms with van der Waals surface area (Å²) in [6.07, 6.45) is -0.389. The predicted octanol–water partition coefficient (Wildman–Crippen LogP) is 7.80. The number of likely N-dealkylation sites (N-methyl/N-ethyl adjacent to an activating group) is 1. The summed E-state index contributed by atoms with van der Waals surface area (Å²) in [6, 6.07) is 15.2. The molecule has 3 N–H and O–H groups in total. The highest BCUT2D eigenvalue weighted by atomic mass is 35.5. The number of pyridine rings is 1. The minimum Gasteiger partial charge on any atom is -0.403 e. The second kappa shape index (κ2) is 11.7. The molecular formula is C31H32ClF3N4. The molecule has 1 fully saturated rings. The standard InChI is InChI=1S/C31H32ClF3N4/c1-18-5-13-24(19(2)39-18)29(28(17-36)38-4)22-10-14-27(37-3)26(16-22)30(32)25(21-8-9-21)15-20-6-11-23(12-7-20)31(33,34)35/h5-7,10-14,16-17,21,29,38H,3,8-9,15,36H2,1-2,4H3/b28-17-,30-25+. The van der Waals surface area contributed by atoms with E-state index in [9.17, 15) is 13.2 Å². The number of rotatable bonds is 9. The van der Waals surface area contributed by atoms with Gasteiger partial charge < -0.3 is 11.1 Å². The van der Waals surface area contributed by atoms with Crippen LogP contribution in [0.25, 0.3) is 5.03 Å². The van der Waals surface area contributed by atoms with Crippen molar-refractivity contribution in [2.75, 3.05) is 7.05 Å². The molecule has 1 heterocycles.